The lowest BCUT2D eigenvalue weighted by Crippen LogP contribution is -2.34. The van der Waals surface area contributed by atoms with Crippen LogP contribution in [0.4, 0.5) is 69.8 Å². The number of anilines is 8. The second-order valence-corrected chi connectivity index (χ2v) is 27.5. The van der Waals surface area contributed by atoms with Crippen molar-refractivity contribution >= 4 is 169 Å². The maximum Gasteiger partial charge on any atom is 0.337 e. The van der Waals surface area contributed by atoms with E-state index in [1.165, 1.54) is 78.9 Å². The number of aromatic hydroxyl groups is 2. The number of aromatic carboxylic acids is 2. The molecule has 0 fully saturated rings. The fourth-order valence-electron chi connectivity index (χ4n) is 9.62. The van der Waals surface area contributed by atoms with Gasteiger partial charge in [-0.1, -0.05) is 129 Å². The fraction of sp³-hybridized carbons (Fsp3) is 0.290. The minimum Gasteiger partial charge on any atom is -0.505 e. The lowest BCUT2D eigenvalue weighted by molar-refractivity contribution is -0.138. The van der Waals surface area contributed by atoms with Crippen LogP contribution < -0.4 is 43.0 Å². The Morgan fingerprint density at radius 2 is 0.922 bits per heavy atom. The van der Waals surface area contributed by atoms with E-state index in [2.05, 4.69) is 93.3 Å². The Kier molecular flexibility index (Phi) is 26.8. The highest BCUT2D eigenvalue weighted by Gasteiger charge is 2.28. The highest BCUT2D eigenvalue weighted by molar-refractivity contribution is 8.76. The standard InChI is InChI=1S/C62H68N18O18S4/c1-3-5-7-9-11-24-46(81)76-79-61-69-57(63-40-23-17-18-33-29-45(102(96,97)98)50(52(84)48(33)40)78-74-39-22-16-14-20-37(39)54(87)88)67-59(71-61)65-43(55(89)90)31-99-100-32-44(56(91)92)66-60-68-58(70-62(72-60)80-77-47(82)25-12-10-8-6-4-2)64-42-30-35(101(93,94)95)28-34-26-27-41(51(83)49(34)42)75-73-38-21-15-13-19-36(38)53(85)86/h13-23,26-30,43-44,83-84H,3-12,24-25,31-32H2,1-2H3,(H,76,81)(H,77,82)(H,85,86)(H,87,88)(H,89,90)(H,91,92)(H,93,94,95)(H,96,97,98)(H3,63,65,67,69,71,79)(H3,64,66,68,70,72,80)/b75-73+,78-74+. The van der Waals surface area contributed by atoms with Gasteiger partial charge in [0.1, 0.15) is 39.7 Å². The van der Waals surface area contributed by atoms with Crippen LogP contribution in [-0.4, -0.2) is 146 Å². The van der Waals surface area contributed by atoms with E-state index in [0.717, 1.165) is 91.2 Å². The highest BCUT2D eigenvalue weighted by atomic mass is 33.1. The number of phenolic OH excluding ortho intramolecular Hbond substituents is 2. The van der Waals surface area contributed by atoms with Crippen molar-refractivity contribution < 1.29 is 85.3 Å². The molecule has 36 nitrogen and oxygen atoms in total. The topological polar surface area (TPSA) is 556 Å². The number of azo groups is 2. The molecule has 6 aromatic carbocycles. The van der Waals surface area contributed by atoms with Crippen LogP contribution in [0.2, 0.25) is 0 Å². The number of aromatic nitrogens is 6. The largest absolute Gasteiger partial charge is 0.505 e. The zero-order chi connectivity index (χ0) is 73.7. The Morgan fingerprint density at radius 3 is 1.41 bits per heavy atom. The van der Waals surface area contributed by atoms with Crippen LogP contribution in [0.25, 0.3) is 21.5 Å². The van der Waals surface area contributed by atoms with Gasteiger partial charge in [0.25, 0.3) is 20.2 Å². The van der Waals surface area contributed by atoms with Gasteiger partial charge in [0.05, 0.1) is 27.4 Å². The molecule has 8 aromatic rings. The van der Waals surface area contributed by atoms with Crippen molar-refractivity contribution in [2.24, 2.45) is 20.5 Å². The van der Waals surface area contributed by atoms with E-state index in [0.29, 0.717) is 12.8 Å². The van der Waals surface area contributed by atoms with Gasteiger partial charge in [-0.05, 0) is 78.2 Å². The molecule has 102 heavy (non-hydrogen) atoms. The lowest BCUT2D eigenvalue weighted by atomic mass is 10.1. The van der Waals surface area contributed by atoms with Gasteiger partial charge >= 0.3 is 23.9 Å². The number of fused-ring (bicyclic) bond motifs is 2. The Morgan fingerprint density at radius 1 is 0.471 bits per heavy atom. The normalized spacial score (nSPS) is 12.2. The average molecular weight is 1480 g/mol. The quantitative estimate of drug-likeness (QED) is 0.00559. The van der Waals surface area contributed by atoms with E-state index in [1.54, 1.807) is 0 Å². The number of unbranched alkanes of at least 4 members (excludes halogenated alkanes) is 8. The molecule has 2 aromatic heterocycles. The lowest BCUT2D eigenvalue weighted by Gasteiger charge is -2.18. The van der Waals surface area contributed by atoms with Gasteiger partial charge in [-0.2, -0.15) is 46.7 Å². The number of benzene rings is 6. The summed E-state index contributed by atoms with van der Waals surface area (Å²) in [6.45, 7) is 4.08. The minimum absolute atomic E-state index is 0.00275. The SMILES string of the molecule is CCCCCCCC(=O)NNc1nc(Nc2cc(S(=O)(=O)O)cc3ccc(/N=N/c4ccccc4C(=O)O)c(O)c23)nc(NC(CSSCC(Nc2nc(NNC(=O)CCCCCCC)nc(Nc3cccc4cc(S(=O)(=O)O)c(/N=N/c5ccccc5C(=O)O)c(O)c34)n2)C(=O)O)C(=O)O)n1. The van der Waals surface area contributed by atoms with Gasteiger partial charge in [-0.3, -0.25) is 40.4 Å². The van der Waals surface area contributed by atoms with Gasteiger partial charge < -0.3 is 51.9 Å². The number of carboxylic acid groups (broad SMARTS) is 4. The Labute approximate surface area is 588 Å². The summed E-state index contributed by atoms with van der Waals surface area (Å²) in [6, 6.07) is 17.4. The summed E-state index contributed by atoms with van der Waals surface area (Å²) in [5.74, 6) is -11.3. The Balaban J connectivity index is 1.06. The second-order valence-electron chi connectivity index (χ2n) is 22.1. The van der Waals surface area contributed by atoms with Crippen LogP contribution in [0.1, 0.15) is 112 Å². The molecule has 0 aliphatic carbocycles. The number of phenols is 2. The first-order valence-electron chi connectivity index (χ1n) is 31.1. The molecule has 8 rings (SSSR count). The molecule has 0 saturated carbocycles. The van der Waals surface area contributed by atoms with E-state index in [4.69, 9.17) is 0 Å². The van der Waals surface area contributed by atoms with Crippen molar-refractivity contribution in [3.05, 3.63) is 108 Å². The van der Waals surface area contributed by atoms with E-state index in [9.17, 15) is 85.3 Å². The van der Waals surface area contributed by atoms with E-state index >= 15 is 0 Å². The van der Waals surface area contributed by atoms with Crippen LogP contribution in [0.5, 0.6) is 11.5 Å². The van der Waals surface area contributed by atoms with Gasteiger partial charge in [0, 0.05) is 35.1 Å². The molecular formula is C62H68N18O18S4. The van der Waals surface area contributed by atoms with E-state index in [-0.39, 0.29) is 97.4 Å². The molecule has 2 amide bonds. The second kappa shape index (κ2) is 35.7. The van der Waals surface area contributed by atoms with Gasteiger partial charge in [-0.25, -0.2) is 19.2 Å². The molecule has 2 unspecified atom stereocenters. The van der Waals surface area contributed by atoms with Crippen molar-refractivity contribution in [2.75, 3.05) is 43.6 Å². The number of carbonyl (C=O) groups excluding carboxylic acids is 2. The number of aliphatic carboxylic acids is 2. The Bertz CT molecular complexity index is 4750. The number of rotatable bonds is 39. The summed E-state index contributed by atoms with van der Waals surface area (Å²) in [5.41, 5.74) is 7.86. The molecule has 0 saturated heterocycles. The molecule has 40 heteroatoms. The van der Waals surface area contributed by atoms with Crippen LogP contribution in [-0.2, 0) is 39.4 Å². The first-order chi connectivity index (χ1) is 48.7. The Hall–Kier alpha value is -11.2. The first-order valence-corrected chi connectivity index (χ1v) is 36.5. The van der Waals surface area contributed by atoms with Crippen LogP contribution >= 0.6 is 21.6 Å². The summed E-state index contributed by atoms with van der Waals surface area (Å²) in [7, 11) is -8.37. The van der Waals surface area contributed by atoms with Gasteiger partial charge in [0.2, 0.25) is 47.5 Å². The first kappa shape index (κ1) is 76.6. The van der Waals surface area contributed by atoms with Crippen LogP contribution in [0.3, 0.4) is 0 Å². The number of hydrogen-bond acceptors (Lipinski definition) is 30. The third kappa shape index (κ3) is 21.4. The molecular weight excluding hydrogens is 1410 g/mol. The fourth-order valence-corrected chi connectivity index (χ4v) is 13.1. The number of carboxylic acids is 4. The predicted molar refractivity (Wildman–Crippen MR) is 378 cm³/mol. The smallest absolute Gasteiger partial charge is 0.337 e. The third-order valence-corrected chi connectivity index (χ3v) is 18.8. The summed E-state index contributed by atoms with van der Waals surface area (Å²) in [6.07, 6.45) is 8.54. The zero-order valence-corrected chi connectivity index (χ0v) is 57.3. The molecule has 16 N–H and O–H groups in total. The van der Waals surface area contributed by atoms with Crippen LogP contribution in [0.15, 0.2) is 127 Å². The monoisotopic (exact) mass is 1480 g/mol. The molecule has 2 atom stereocenters. The molecule has 0 radical (unpaired) electrons. The number of nitrogens with zero attached hydrogens (tertiary/aromatic N) is 10. The summed E-state index contributed by atoms with van der Waals surface area (Å²) < 4.78 is 71.3. The molecule has 0 spiro atoms. The summed E-state index contributed by atoms with van der Waals surface area (Å²) in [4.78, 5) is 99.9. The molecule has 538 valence electrons. The van der Waals surface area contributed by atoms with Crippen LogP contribution in [0, 0.1) is 0 Å². The molecule has 2 heterocycles. The maximum atomic E-state index is 13.0. The summed E-state index contributed by atoms with van der Waals surface area (Å²) in [5, 5.41) is 90.4. The molecule has 0 bridgehead atoms. The van der Waals surface area contributed by atoms with Crippen molar-refractivity contribution in [3.63, 3.8) is 0 Å². The number of hydrogen-bond donors (Lipinski definition) is 16. The average Bonchev–Trinajstić information content (AvgIpc) is 0.766. The minimum atomic E-state index is -5.15. The maximum absolute atomic E-state index is 13.0. The van der Waals surface area contributed by atoms with Crippen molar-refractivity contribution in [1.29, 1.82) is 0 Å². The third-order valence-electron chi connectivity index (χ3n) is 14.6. The van der Waals surface area contributed by atoms with E-state index in [1.807, 2.05) is 13.8 Å². The number of hydrazine groups is 2. The number of nitrogens with one attached hydrogen (secondary N) is 8. The predicted octanol–water partition coefficient (Wildman–Crippen LogP) is 11.4. The van der Waals surface area contributed by atoms with Crippen molar-refractivity contribution in [3.8, 4) is 11.5 Å². The van der Waals surface area contributed by atoms with E-state index < -0.39 is 119 Å². The molecule has 0 aliphatic heterocycles. The highest BCUT2D eigenvalue weighted by Crippen LogP contribution is 2.46. The van der Waals surface area contributed by atoms with Crippen molar-refractivity contribution in [1.82, 2.24) is 40.8 Å². The number of amides is 2. The molecule has 0 aliphatic rings. The summed E-state index contributed by atoms with van der Waals surface area (Å²) >= 11 is 0. The van der Waals surface area contributed by atoms with Gasteiger partial charge in [0.15, 0.2) is 11.5 Å². The van der Waals surface area contributed by atoms with Gasteiger partial charge in [-0.15, -0.1) is 20.5 Å². The van der Waals surface area contributed by atoms with Crippen molar-refractivity contribution in [2.45, 2.75) is 113 Å². The zero-order valence-electron chi connectivity index (χ0n) is 54.1. The number of carbonyl (C=O) groups is 6.